The fraction of sp³-hybridized carbons (Fsp3) is 0.500. The molecule has 0 bridgehead atoms. The fourth-order valence-electron chi connectivity index (χ4n) is 3.14. The Kier molecular flexibility index (Phi) is 5.03. The van der Waals surface area contributed by atoms with Crippen LogP contribution < -0.4 is 0 Å². The first-order valence-electron chi connectivity index (χ1n) is 8.95. The van der Waals surface area contributed by atoms with E-state index in [9.17, 15) is 0 Å². The summed E-state index contributed by atoms with van der Waals surface area (Å²) in [6.07, 6.45) is 8.81. The monoisotopic (exact) mass is 326 g/mol. The molecule has 2 aliphatic heterocycles. The Morgan fingerprint density at radius 2 is 1.21 bits per heavy atom. The molecule has 2 aliphatic rings. The lowest BCUT2D eigenvalue weighted by molar-refractivity contribution is 0.224. The van der Waals surface area contributed by atoms with Gasteiger partial charge < -0.3 is 19.6 Å². The zero-order valence-electron chi connectivity index (χ0n) is 15.4. The smallest absolute Gasteiger partial charge is 0.0899 e. The maximum atomic E-state index is 2.37. The Bertz CT molecular complexity index is 556. The first-order valence-corrected chi connectivity index (χ1v) is 8.95. The van der Waals surface area contributed by atoms with Gasteiger partial charge in [-0.05, 0) is 38.8 Å². The zero-order valence-corrected chi connectivity index (χ0v) is 15.4. The molecule has 3 rings (SSSR count). The summed E-state index contributed by atoms with van der Waals surface area (Å²) in [6.45, 7) is 12.9. The van der Waals surface area contributed by atoms with E-state index < -0.39 is 0 Å². The van der Waals surface area contributed by atoms with Crippen LogP contribution in [0.25, 0.3) is 0 Å². The van der Waals surface area contributed by atoms with Gasteiger partial charge in [0.25, 0.3) is 0 Å². The van der Waals surface area contributed by atoms with Crippen molar-refractivity contribution >= 4 is 0 Å². The van der Waals surface area contributed by atoms with E-state index in [0.29, 0.717) is 12.1 Å². The summed E-state index contributed by atoms with van der Waals surface area (Å²) in [7, 11) is 0. The van der Waals surface area contributed by atoms with E-state index in [2.05, 4.69) is 96.4 Å². The highest BCUT2D eigenvalue weighted by atomic mass is 15.4. The van der Waals surface area contributed by atoms with Gasteiger partial charge in [0.2, 0.25) is 0 Å². The molecule has 0 aliphatic carbocycles. The van der Waals surface area contributed by atoms with Crippen molar-refractivity contribution in [2.75, 3.05) is 13.3 Å². The molecule has 0 fully saturated rings. The summed E-state index contributed by atoms with van der Waals surface area (Å²) in [5.41, 5.74) is 2.76. The lowest BCUT2D eigenvalue weighted by atomic mass is 10.1. The molecule has 130 valence electrons. The van der Waals surface area contributed by atoms with Crippen molar-refractivity contribution in [1.29, 1.82) is 0 Å². The van der Waals surface area contributed by atoms with E-state index >= 15 is 0 Å². The minimum absolute atomic E-state index is 0.559. The van der Waals surface area contributed by atoms with Crippen molar-refractivity contribution < 1.29 is 0 Å². The highest BCUT2D eigenvalue weighted by Gasteiger charge is 2.16. The molecule has 0 aromatic heterocycles. The Hall–Kier alpha value is -2.10. The first kappa shape index (κ1) is 16.7. The van der Waals surface area contributed by atoms with Crippen LogP contribution >= 0.6 is 0 Å². The van der Waals surface area contributed by atoms with Crippen LogP contribution in [0.1, 0.15) is 38.8 Å². The standard InChI is InChI=1S/C20H30N4/c1-17(2)23-10-8-21(15-23)13-19-6-5-7-20(12-19)14-22-9-11-24(16-22)18(3)4/h5-12,17-18H,13-16H2,1-4H3. The quantitative estimate of drug-likeness (QED) is 0.792. The van der Waals surface area contributed by atoms with Crippen LogP contribution in [0.3, 0.4) is 0 Å². The van der Waals surface area contributed by atoms with Crippen molar-refractivity contribution in [3.8, 4) is 0 Å². The minimum Gasteiger partial charge on any atom is -0.356 e. The summed E-state index contributed by atoms with van der Waals surface area (Å²) in [6, 6.07) is 10.1. The second-order valence-electron chi connectivity index (χ2n) is 7.41. The Balaban J connectivity index is 1.56. The van der Waals surface area contributed by atoms with Gasteiger partial charge in [0.15, 0.2) is 0 Å². The Morgan fingerprint density at radius 3 is 1.58 bits per heavy atom. The van der Waals surface area contributed by atoms with Gasteiger partial charge >= 0.3 is 0 Å². The predicted octanol–water partition coefficient (Wildman–Crippen LogP) is 3.60. The SMILES string of the molecule is CC(C)N1C=CN(Cc2cccc(CN3C=CN(C(C)C)C3)c2)C1. The Labute approximate surface area is 146 Å². The van der Waals surface area contributed by atoms with Gasteiger partial charge in [0.1, 0.15) is 0 Å². The second-order valence-corrected chi connectivity index (χ2v) is 7.41. The highest BCUT2D eigenvalue weighted by molar-refractivity contribution is 5.24. The van der Waals surface area contributed by atoms with Crippen molar-refractivity contribution in [2.45, 2.75) is 52.9 Å². The molecule has 1 aromatic rings. The molecular formula is C20H30N4. The molecular weight excluding hydrogens is 296 g/mol. The predicted molar refractivity (Wildman–Crippen MR) is 99.5 cm³/mol. The molecule has 0 atom stereocenters. The third-order valence-electron chi connectivity index (χ3n) is 4.72. The molecule has 0 amide bonds. The van der Waals surface area contributed by atoms with Gasteiger partial charge in [0, 0.05) is 50.0 Å². The van der Waals surface area contributed by atoms with Crippen LogP contribution in [0.5, 0.6) is 0 Å². The van der Waals surface area contributed by atoms with E-state index in [4.69, 9.17) is 0 Å². The average molecular weight is 326 g/mol. The summed E-state index contributed by atoms with van der Waals surface area (Å²) >= 11 is 0. The van der Waals surface area contributed by atoms with Gasteiger partial charge in [-0.25, -0.2) is 0 Å². The molecule has 0 unspecified atom stereocenters. The third-order valence-corrected chi connectivity index (χ3v) is 4.72. The summed E-state index contributed by atoms with van der Waals surface area (Å²) < 4.78 is 0. The number of benzene rings is 1. The van der Waals surface area contributed by atoms with Gasteiger partial charge in [-0.1, -0.05) is 24.3 Å². The molecule has 0 saturated carbocycles. The van der Waals surface area contributed by atoms with Crippen LogP contribution in [0, 0.1) is 0 Å². The summed E-state index contributed by atoms with van der Waals surface area (Å²) in [5, 5.41) is 0. The van der Waals surface area contributed by atoms with Gasteiger partial charge in [-0.15, -0.1) is 0 Å². The first-order chi connectivity index (χ1) is 11.5. The van der Waals surface area contributed by atoms with Crippen molar-refractivity contribution in [1.82, 2.24) is 19.6 Å². The lowest BCUT2D eigenvalue weighted by Gasteiger charge is -2.25. The van der Waals surface area contributed by atoms with E-state index in [1.54, 1.807) is 0 Å². The molecule has 4 heteroatoms. The summed E-state index contributed by atoms with van der Waals surface area (Å²) in [5.74, 6) is 0. The number of hydrogen-bond donors (Lipinski definition) is 0. The Morgan fingerprint density at radius 1 is 0.750 bits per heavy atom. The molecule has 0 radical (unpaired) electrons. The van der Waals surface area contributed by atoms with Crippen molar-refractivity contribution in [2.24, 2.45) is 0 Å². The third kappa shape index (κ3) is 4.05. The minimum atomic E-state index is 0.559. The van der Waals surface area contributed by atoms with Crippen molar-refractivity contribution in [3.63, 3.8) is 0 Å². The summed E-state index contributed by atoms with van der Waals surface area (Å²) in [4.78, 5) is 9.46. The number of hydrogen-bond acceptors (Lipinski definition) is 4. The normalized spacial score (nSPS) is 17.2. The lowest BCUT2D eigenvalue weighted by Crippen LogP contribution is -2.30. The fourth-order valence-corrected chi connectivity index (χ4v) is 3.14. The number of rotatable bonds is 6. The maximum absolute atomic E-state index is 2.37. The van der Waals surface area contributed by atoms with Gasteiger partial charge in [-0.3, -0.25) is 0 Å². The van der Waals surface area contributed by atoms with Crippen LogP contribution in [0.2, 0.25) is 0 Å². The van der Waals surface area contributed by atoms with Gasteiger partial charge in [0.05, 0.1) is 13.3 Å². The average Bonchev–Trinajstić information content (AvgIpc) is 3.17. The van der Waals surface area contributed by atoms with E-state index in [1.807, 2.05) is 0 Å². The second kappa shape index (κ2) is 7.20. The molecule has 24 heavy (non-hydrogen) atoms. The van der Waals surface area contributed by atoms with E-state index in [-0.39, 0.29) is 0 Å². The van der Waals surface area contributed by atoms with E-state index in [0.717, 1.165) is 26.4 Å². The van der Waals surface area contributed by atoms with E-state index in [1.165, 1.54) is 11.1 Å². The maximum Gasteiger partial charge on any atom is 0.0899 e. The molecule has 4 nitrogen and oxygen atoms in total. The van der Waals surface area contributed by atoms with Crippen LogP contribution in [-0.4, -0.2) is 45.0 Å². The van der Waals surface area contributed by atoms with Gasteiger partial charge in [-0.2, -0.15) is 0 Å². The van der Waals surface area contributed by atoms with Crippen molar-refractivity contribution in [3.05, 3.63) is 60.2 Å². The van der Waals surface area contributed by atoms with Crippen LogP contribution in [0.4, 0.5) is 0 Å². The molecule has 2 heterocycles. The molecule has 0 N–H and O–H groups in total. The topological polar surface area (TPSA) is 13.0 Å². The molecule has 0 saturated heterocycles. The van der Waals surface area contributed by atoms with Crippen LogP contribution in [-0.2, 0) is 13.1 Å². The zero-order chi connectivity index (χ0) is 17.1. The molecule has 1 aromatic carbocycles. The molecule has 0 spiro atoms. The highest BCUT2D eigenvalue weighted by Crippen LogP contribution is 2.18. The number of nitrogens with zero attached hydrogens (tertiary/aromatic N) is 4. The van der Waals surface area contributed by atoms with Crippen LogP contribution in [0.15, 0.2) is 49.1 Å². The largest absolute Gasteiger partial charge is 0.356 e.